The molecule has 5 heteroatoms. The molecule has 0 amide bonds. The Kier molecular flexibility index (Phi) is 5.53. The second-order valence-corrected chi connectivity index (χ2v) is 5.77. The zero-order valence-corrected chi connectivity index (χ0v) is 12.6. The molecule has 0 saturated carbocycles. The number of aromatic nitrogens is 2. The molecule has 1 unspecified atom stereocenters. The van der Waals surface area contributed by atoms with Crippen LogP contribution in [0.4, 0.5) is 5.82 Å². The van der Waals surface area contributed by atoms with Crippen molar-refractivity contribution in [2.24, 2.45) is 0 Å². The standard InChI is InChI=1S/C12H20ClN3S/c1-8(2)12-14-10(13)6-11(15-12)16(4)9(3)7-17-5/h6,8-9H,7H2,1-5H3. The van der Waals surface area contributed by atoms with E-state index in [0.717, 1.165) is 17.4 Å². The third-order valence-electron chi connectivity index (χ3n) is 2.65. The van der Waals surface area contributed by atoms with Crippen molar-refractivity contribution in [3.8, 4) is 0 Å². The highest BCUT2D eigenvalue weighted by Gasteiger charge is 2.14. The second-order valence-electron chi connectivity index (χ2n) is 4.48. The third-order valence-corrected chi connectivity index (χ3v) is 3.65. The maximum absolute atomic E-state index is 6.04. The molecule has 0 aliphatic heterocycles. The van der Waals surface area contributed by atoms with Gasteiger partial charge in [0.1, 0.15) is 16.8 Å². The van der Waals surface area contributed by atoms with E-state index in [4.69, 9.17) is 11.6 Å². The van der Waals surface area contributed by atoms with Crippen LogP contribution in [0.15, 0.2) is 6.07 Å². The first-order valence-electron chi connectivity index (χ1n) is 5.72. The molecule has 17 heavy (non-hydrogen) atoms. The fourth-order valence-corrected chi connectivity index (χ4v) is 2.33. The summed E-state index contributed by atoms with van der Waals surface area (Å²) in [6, 6.07) is 2.25. The topological polar surface area (TPSA) is 29.0 Å². The van der Waals surface area contributed by atoms with E-state index < -0.39 is 0 Å². The zero-order chi connectivity index (χ0) is 13.0. The minimum atomic E-state index is 0.289. The molecule has 0 saturated heterocycles. The maximum Gasteiger partial charge on any atom is 0.135 e. The largest absolute Gasteiger partial charge is 0.356 e. The Bertz CT molecular complexity index is 371. The van der Waals surface area contributed by atoms with Crippen molar-refractivity contribution in [1.29, 1.82) is 0 Å². The third kappa shape index (κ3) is 4.03. The van der Waals surface area contributed by atoms with Crippen LogP contribution < -0.4 is 4.90 Å². The normalized spacial score (nSPS) is 12.9. The van der Waals surface area contributed by atoms with Gasteiger partial charge >= 0.3 is 0 Å². The van der Waals surface area contributed by atoms with E-state index in [1.54, 1.807) is 0 Å². The summed E-state index contributed by atoms with van der Waals surface area (Å²) in [4.78, 5) is 10.9. The van der Waals surface area contributed by atoms with Gasteiger partial charge in [-0.25, -0.2) is 9.97 Å². The lowest BCUT2D eigenvalue weighted by molar-refractivity contribution is 0.725. The van der Waals surface area contributed by atoms with Gasteiger partial charge in [-0.1, -0.05) is 25.4 Å². The summed E-state index contributed by atoms with van der Waals surface area (Å²) in [7, 11) is 2.05. The zero-order valence-electron chi connectivity index (χ0n) is 11.1. The second kappa shape index (κ2) is 6.45. The van der Waals surface area contributed by atoms with E-state index in [1.165, 1.54) is 0 Å². The Balaban J connectivity index is 2.96. The van der Waals surface area contributed by atoms with Crippen LogP contribution in [0.3, 0.4) is 0 Å². The molecule has 0 aromatic carbocycles. The van der Waals surface area contributed by atoms with E-state index in [-0.39, 0.29) is 5.92 Å². The van der Waals surface area contributed by atoms with Crippen LogP contribution in [0.1, 0.15) is 32.5 Å². The van der Waals surface area contributed by atoms with Crippen molar-refractivity contribution in [2.45, 2.75) is 32.7 Å². The molecule has 96 valence electrons. The molecule has 0 N–H and O–H groups in total. The predicted molar refractivity (Wildman–Crippen MR) is 77.4 cm³/mol. The number of rotatable bonds is 5. The highest BCUT2D eigenvalue weighted by atomic mass is 35.5. The fourth-order valence-electron chi connectivity index (χ4n) is 1.44. The molecule has 0 aliphatic rings. The monoisotopic (exact) mass is 273 g/mol. The van der Waals surface area contributed by atoms with E-state index >= 15 is 0 Å². The highest BCUT2D eigenvalue weighted by molar-refractivity contribution is 7.98. The van der Waals surface area contributed by atoms with Gasteiger partial charge in [0.2, 0.25) is 0 Å². The van der Waals surface area contributed by atoms with Crippen molar-refractivity contribution in [3.63, 3.8) is 0 Å². The van der Waals surface area contributed by atoms with E-state index in [9.17, 15) is 0 Å². The molecule has 0 aliphatic carbocycles. The number of halogens is 1. The Labute approximate surface area is 113 Å². The number of hydrogen-bond donors (Lipinski definition) is 0. The van der Waals surface area contributed by atoms with Gasteiger partial charge in [0.25, 0.3) is 0 Å². The molecule has 3 nitrogen and oxygen atoms in total. The average molecular weight is 274 g/mol. The maximum atomic E-state index is 6.04. The van der Waals surface area contributed by atoms with Crippen LogP contribution in [0.2, 0.25) is 5.15 Å². The van der Waals surface area contributed by atoms with E-state index in [0.29, 0.717) is 11.2 Å². The first-order chi connectivity index (χ1) is 7.95. The molecule has 1 aromatic heterocycles. The Morgan fingerprint density at radius 1 is 1.35 bits per heavy atom. The lowest BCUT2D eigenvalue weighted by atomic mass is 10.2. The Morgan fingerprint density at radius 3 is 2.53 bits per heavy atom. The number of nitrogens with zero attached hydrogens (tertiary/aromatic N) is 3. The van der Waals surface area contributed by atoms with Crippen LogP contribution in [0.5, 0.6) is 0 Å². The van der Waals surface area contributed by atoms with E-state index in [1.807, 2.05) is 24.9 Å². The number of hydrogen-bond acceptors (Lipinski definition) is 4. The van der Waals surface area contributed by atoms with Gasteiger partial charge in [0, 0.05) is 30.8 Å². The molecule has 1 rings (SSSR count). The lowest BCUT2D eigenvalue weighted by Gasteiger charge is -2.26. The van der Waals surface area contributed by atoms with Crippen LogP contribution in [0.25, 0.3) is 0 Å². The van der Waals surface area contributed by atoms with Crippen molar-refractivity contribution in [2.75, 3.05) is 24.0 Å². The number of anilines is 1. The molecule has 1 aromatic rings. The van der Waals surface area contributed by atoms with Crippen molar-refractivity contribution < 1.29 is 0 Å². The molecule has 0 spiro atoms. The summed E-state index contributed by atoms with van der Waals surface area (Å²) < 4.78 is 0. The lowest BCUT2D eigenvalue weighted by Crippen LogP contribution is -2.31. The summed E-state index contributed by atoms with van der Waals surface area (Å²) in [5, 5.41) is 0.516. The predicted octanol–water partition coefficient (Wildman–Crippen LogP) is 3.44. The molecule has 0 fully saturated rings. The first kappa shape index (κ1) is 14.6. The summed E-state index contributed by atoms with van der Waals surface area (Å²) >= 11 is 7.87. The SMILES string of the molecule is CSCC(C)N(C)c1cc(Cl)nc(C(C)C)n1. The summed E-state index contributed by atoms with van der Waals surface area (Å²) in [6.45, 7) is 6.32. The average Bonchev–Trinajstić information content (AvgIpc) is 2.27. The molecular weight excluding hydrogens is 254 g/mol. The van der Waals surface area contributed by atoms with Gasteiger partial charge in [-0.3, -0.25) is 0 Å². The van der Waals surface area contributed by atoms with Gasteiger partial charge < -0.3 is 4.90 Å². The van der Waals surface area contributed by atoms with Gasteiger partial charge in [-0.05, 0) is 13.2 Å². The van der Waals surface area contributed by atoms with Gasteiger partial charge in [-0.15, -0.1) is 0 Å². The van der Waals surface area contributed by atoms with Crippen LogP contribution in [0, 0.1) is 0 Å². The van der Waals surface area contributed by atoms with Crippen LogP contribution in [-0.4, -0.2) is 35.1 Å². The highest BCUT2D eigenvalue weighted by Crippen LogP contribution is 2.21. The summed E-state index contributed by atoms with van der Waals surface area (Å²) in [5.74, 6) is 3.05. The molecular formula is C12H20ClN3S. The van der Waals surface area contributed by atoms with Gasteiger partial charge in [-0.2, -0.15) is 11.8 Å². The van der Waals surface area contributed by atoms with Crippen molar-refractivity contribution >= 4 is 29.2 Å². The quantitative estimate of drug-likeness (QED) is 0.769. The van der Waals surface area contributed by atoms with E-state index in [2.05, 4.69) is 41.9 Å². The molecule has 1 atom stereocenters. The first-order valence-corrected chi connectivity index (χ1v) is 7.49. The Hall–Kier alpha value is -0.480. The smallest absolute Gasteiger partial charge is 0.135 e. The van der Waals surface area contributed by atoms with Crippen molar-refractivity contribution in [1.82, 2.24) is 9.97 Å². The Morgan fingerprint density at radius 2 is 2.00 bits per heavy atom. The minimum Gasteiger partial charge on any atom is -0.356 e. The fraction of sp³-hybridized carbons (Fsp3) is 0.667. The molecule has 0 bridgehead atoms. The number of thioether (sulfide) groups is 1. The summed E-state index contributed by atoms with van der Waals surface area (Å²) in [6.07, 6.45) is 2.11. The summed E-state index contributed by atoms with van der Waals surface area (Å²) in [5.41, 5.74) is 0. The van der Waals surface area contributed by atoms with Gasteiger partial charge in [0.15, 0.2) is 0 Å². The van der Waals surface area contributed by atoms with Crippen LogP contribution >= 0.6 is 23.4 Å². The van der Waals surface area contributed by atoms with Gasteiger partial charge in [0.05, 0.1) is 0 Å². The van der Waals surface area contributed by atoms with Crippen molar-refractivity contribution in [3.05, 3.63) is 17.0 Å². The van der Waals surface area contributed by atoms with Crippen LogP contribution in [-0.2, 0) is 0 Å². The molecule has 0 radical (unpaired) electrons. The minimum absolute atomic E-state index is 0.289. The molecule has 1 heterocycles.